The minimum atomic E-state index is 0.115. The summed E-state index contributed by atoms with van der Waals surface area (Å²) in [6, 6.07) is 2.09. The van der Waals surface area contributed by atoms with Gasteiger partial charge in [-0.1, -0.05) is 0 Å². The maximum atomic E-state index is 5.87. The lowest BCUT2D eigenvalue weighted by Gasteiger charge is -2.35. The molecule has 1 fully saturated rings. The molecular formula is C11H16Br2N2O2. The summed E-state index contributed by atoms with van der Waals surface area (Å²) in [5.41, 5.74) is 5.87. The van der Waals surface area contributed by atoms with Gasteiger partial charge in [-0.3, -0.25) is 4.90 Å². The molecule has 0 amide bonds. The highest BCUT2D eigenvalue weighted by Crippen LogP contribution is 2.32. The first-order valence-electron chi connectivity index (χ1n) is 5.62. The molecule has 0 aromatic carbocycles. The van der Waals surface area contributed by atoms with Crippen molar-refractivity contribution >= 4 is 31.9 Å². The summed E-state index contributed by atoms with van der Waals surface area (Å²) in [6.07, 6.45) is 0.250. The quantitative estimate of drug-likeness (QED) is 0.891. The number of nitrogens with zero attached hydrogens (tertiary/aromatic N) is 1. The normalized spacial score (nSPS) is 23.9. The smallest absolute Gasteiger partial charge is 0.183 e. The van der Waals surface area contributed by atoms with Crippen LogP contribution in [0.1, 0.15) is 18.7 Å². The van der Waals surface area contributed by atoms with E-state index in [1.807, 2.05) is 6.07 Å². The molecule has 1 aliphatic heterocycles. The zero-order chi connectivity index (χ0) is 12.4. The minimum absolute atomic E-state index is 0.115. The van der Waals surface area contributed by atoms with E-state index in [1.54, 1.807) is 0 Å². The van der Waals surface area contributed by atoms with Crippen LogP contribution in [0.2, 0.25) is 0 Å². The second-order valence-electron chi connectivity index (χ2n) is 4.20. The number of morpholine rings is 1. The molecule has 1 aliphatic rings. The third-order valence-corrected chi connectivity index (χ3v) is 4.64. The van der Waals surface area contributed by atoms with E-state index in [2.05, 4.69) is 43.7 Å². The fraction of sp³-hybridized carbons (Fsp3) is 0.636. The Labute approximate surface area is 118 Å². The van der Waals surface area contributed by atoms with Crippen LogP contribution < -0.4 is 5.73 Å². The van der Waals surface area contributed by atoms with Crippen LogP contribution in [0.25, 0.3) is 0 Å². The fourth-order valence-corrected chi connectivity index (χ4v) is 2.71. The third-order valence-electron chi connectivity index (χ3n) is 2.93. The van der Waals surface area contributed by atoms with Gasteiger partial charge < -0.3 is 14.9 Å². The molecular weight excluding hydrogens is 352 g/mol. The SMILES string of the molecule is CC1CN(C(CN)c2cc(Br)c(Br)o2)CCO1. The van der Waals surface area contributed by atoms with Crippen LogP contribution in [0.15, 0.2) is 19.6 Å². The Kier molecular flexibility index (Phi) is 4.65. The van der Waals surface area contributed by atoms with Crippen molar-refractivity contribution in [2.45, 2.75) is 19.1 Å². The third kappa shape index (κ3) is 3.12. The van der Waals surface area contributed by atoms with Crippen molar-refractivity contribution in [3.05, 3.63) is 21.0 Å². The molecule has 2 N–H and O–H groups in total. The number of hydrogen-bond acceptors (Lipinski definition) is 4. The molecule has 0 spiro atoms. The summed E-state index contributed by atoms with van der Waals surface area (Å²) >= 11 is 6.78. The van der Waals surface area contributed by atoms with Gasteiger partial charge in [-0.05, 0) is 44.8 Å². The minimum Gasteiger partial charge on any atom is -0.451 e. The number of hydrogen-bond donors (Lipinski definition) is 1. The van der Waals surface area contributed by atoms with Crippen molar-refractivity contribution in [2.24, 2.45) is 5.73 Å². The van der Waals surface area contributed by atoms with Crippen molar-refractivity contribution in [3.63, 3.8) is 0 Å². The summed E-state index contributed by atoms with van der Waals surface area (Å²) < 4.78 is 12.8. The predicted octanol–water partition coefficient (Wildman–Crippen LogP) is 2.53. The average molecular weight is 368 g/mol. The summed E-state index contributed by atoms with van der Waals surface area (Å²) in [6.45, 7) is 5.15. The topological polar surface area (TPSA) is 51.6 Å². The molecule has 1 aromatic heterocycles. The highest BCUT2D eigenvalue weighted by molar-refractivity contribution is 9.13. The molecule has 17 heavy (non-hydrogen) atoms. The Hall–Kier alpha value is 0.120. The van der Waals surface area contributed by atoms with Gasteiger partial charge in [0.05, 0.1) is 23.2 Å². The van der Waals surface area contributed by atoms with Crippen LogP contribution in [0.4, 0.5) is 0 Å². The lowest BCUT2D eigenvalue weighted by atomic mass is 10.1. The van der Waals surface area contributed by atoms with Crippen molar-refractivity contribution in [1.29, 1.82) is 0 Å². The van der Waals surface area contributed by atoms with Gasteiger partial charge in [0.15, 0.2) is 4.67 Å². The van der Waals surface area contributed by atoms with Gasteiger partial charge in [-0.2, -0.15) is 0 Å². The van der Waals surface area contributed by atoms with Crippen LogP contribution in [-0.2, 0) is 4.74 Å². The number of halogens is 2. The molecule has 0 bridgehead atoms. The fourth-order valence-electron chi connectivity index (χ4n) is 2.10. The monoisotopic (exact) mass is 366 g/mol. The van der Waals surface area contributed by atoms with Crippen LogP contribution >= 0.6 is 31.9 Å². The van der Waals surface area contributed by atoms with E-state index in [0.29, 0.717) is 11.2 Å². The lowest BCUT2D eigenvalue weighted by Crippen LogP contribution is -2.45. The first-order chi connectivity index (χ1) is 8.11. The van der Waals surface area contributed by atoms with Crippen molar-refractivity contribution < 1.29 is 9.15 Å². The van der Waals surface area contributed by atoms with Gasteiger partial charge in [0.1, 0.15) is 5.76 Å². The van der Waals surface area contributed by atoms with Gasteiger partial charge >= 0.3 is 0 Å². The van der Waals surface area contributed by atoms with Crippen molar-refractivity contribution in [1.82, 2.24) is 4.90 Å². The standard InChI is InChI=1S/C11H16Br2N2O2/c1-7-6-15(2-3-16-7)9(5-14)10-4-8(12)11(13)17-10/h4,7,9H,2-3,5-6,14H2,1H3. The molecule has 1 saturated heterocycles. The van der Waals surface area contributed by atoms with E-state index < -0.39 is 0 Å². The molecule has 1 aromatic rings. The lowest BCUT2D eigenvalue weighted by molar-refractivity contribution is -0.0362. The van der Waals surface area contributed by atoms with Crippen LogP contribution in [0.5, 0.6) is 0 Å². The van der Waals surface area contributed by atoms with E-state index in [9.17, 15) is 0 Å². The van der Waals surface area contributed by atoms with Crippen LogP contribution in [0, 0.1) is 0 Å². The Balaban J connectivity index is 2.15. The Morgan fingerprint density at radius 3 is 2.88 bits per heavy atom. The van der Waals surface area contributed by atoms with Gasteiger partial charge in [0.2, 0.25) is 0 Å². The zero-order valence-corrected chi connectivity index (χ0v) is 12.8. The summed E-state index contributed by atoms with van der Waals surface area (Å²) in [5, 5.41) is 0. The van der Waals surface area contributed by atoms with Crippen LogP contribution in [0.3, 0.4) is 0 Å². The van der Waals surface area contributed by atoms with Gasteiger partial charge in [0, 0.05) is 19.6 Å². The summed E-state index contributed by atoms with van der Waals surface area (Å²) in [5.74, 6) is 0.889. The zero-order valence-electron chi connectivity index (χ0n) is 9.66. The maximum Gasteiger partial charge on any atom is 0.183 e. The van der Waals surface area contributed by atoms with E-state index in [1.165, 1.54) is 0 Å². The molecule has 0 radical (unpaired) electrons. The predicted molar refractivity (Wildman–Crippen MR) is 72.9 cm³/mol. The number of rotatable bonds is 3. The second-order valence-corrected chi connectivity index (χ2v) is 5.77. The second kappa shape index (κ2) is 5.84. The van der Waals surface area contributed by atoms with E-state index in [-0.39, 0.29) is 12.1 Å². The largest absolute Gasteiger partial charge is 0.451 e. The Bertz CT molecular complexity index is 364. The molecule has 4 nitrogen and oxygen atoms in total. The van der Waals surface area contributed by atoms with Gasteiger partial charge in [-0.25, -0.2) is 0 Å². The molecule has 2 atom stereocenters. The van der Waals surface area contributed by atoms with E-state index in [4.69, 9.17) is 14.9 Å². The number of nitrogens with two attached hydrogens (primary N) is 1. The summed E-state index contributed by atoms with van der Waals surface area (Å²) in [7, 11) is 0. The van der Waals surface area contributed by atoms with Crippen molar-refractivity contribution in [3.8, 4) is 0 Å². The molecule has 96 valence electrons. The molecule has 6 heteroatoms. The molecule has 2 unspecified atom stereocenters. The highest BCUT2D eigenvalue weighted by atomic mass is 79.9. The first-order valence-corrected chi connectivity index (χ1v) is 7.21. The Morgan fingerprint density at radius 2 is 2.35 bits per heavy atom. The molecule has 2 rings (SSSR count). The van der Waals surface area contributed by atoms with Crippen LogP contribution in [-0.4, -0.2) is 37.2 Å². The average Bonchev–Trinajstić information content (AvgIpc) is 2.60. The van der Waals surface area contributed by atoms with E-state index >= 15 is 0 Å². The number of furan rings is 1. The molecule has 0 saturated carbocycles. The first kappa shape index (κ1) is 13.5. The van der Waals surface area contributed by atoms with Crippen molar-refractivity contribution in [2.75, 3.05) is 26.2 Å². The molecule has 2 heterocycles. The highest BCUT2D eigenvalue weighted by Gasteiger charge is 2.27. The Morgan fingerprint density at radius 1 is 1.59 bits per heavy atom. The van der Waals surface area contributed by atoms with E-state index in [0.717, 1.165) is 29.9 Å². The van der Waals surface area contributed by atoms with Gasteiger partial charge in [0.25, 0.3) is 0 Å². The number of ether oxygens (including phenoxy) is 1. The maximum absolute atomic E-state index is 5.87. The van der Waals surface area contributed by atoms with Gasteiger partial charge in [-0.15, -0.1) is 0 Å². The molecule has 0 aliphatic carbocycles. The summed E-state index contributed by atoms with van der Waals surface area (Å²) in [4.78, 5) is 2.31.